The minimum atomic E-state index is -0.345. The van der Waals surface area contributed by atoms with Crippen LogP contribution in [0.2, 0.25) is 0 Å². The van der Waals surface area contributed by atoms with Gasteiger partial charge >= 0.3 is 0 Å². The number of ether oxygens (including phenoxy) is 1. The molecule has 0 aliphatic heterocycles. The molecule has 3 N–H and O–H groups in total. The third kappa shape index (κ3) is 3.08. The van der Waals surface area contributed by atoms with E-state index in [0.717, 1.165) is 10.1 Å². The molecule has 0 radical (unpaired) electrons. The number of amides is 2. The lowest BCUT2D eigenvalue weighted by molar-refractivity contribution is -0.127. The third-order valence-electron chi connectivity index (χ3n) is 3.04. The second-order valence-electron chi connectivity index (χ2n) is 4.68. The van der Waals surface area contributed by atoms with Gasteiger partial charge in [0.2, 0.25) is 5.91 Å². The standard InChI is InChI=1S/C14H17N3O3S/c1-17(2)11(18)7-16-14(19)13-12(15)9-5-4-8(20-3)6-10(9)21-13/h4-6H,7,15H2,1-3H3,(H,16,19). The van der Waals surface area contributed by atoms with Crippen LogP contribution in [0.3, 0.4) is 0 Å². The zero-order valence-electron chi connectivity index (χ0n) is 12.1. The number of benzene rings is 1. The Kier molecular flexibility index (Phi) is 4.32. The number of methoxy groups -OCH3 is 1. The van der Waals surface area contributed by atoms with Gasteiger partial charge in [0.05, 0.1) is 19.3 Å². The first kappa shape index (κ1) is 15.1. The quantitative estimate of drug-likeness (QED) is 0.892. The Balaban J connectivity index is 2.23. The predicted octanol–water partition coefficient (Wildman–Crippen LogP) is 1.31. The molecule has 0 unspecified atom stereocenters. The molecule has 2 rings (SSSR count). The van der Waals surface area contributed by atoms with Gasteiger partial charge in [-0.3, -0.25) is 9.59 Å². The highest BCUT2D eigenvalue weighted by atomic mass is 32.1. The Labute approximate surface area is 126 Å². The molecule has 0 fully saturated rings. The van der Waals surface area contributed by atoms with Crippen LogP contribution in [-0.4, -0.2) is 44.5 Å². The van der Waals surface area contributed by atoms with Crippen molar-refractivity contribution >= 4 is 38.9 Å². The van der Waals surface area contributed by atoms with Crippen LogP contribution >= 0.6 is 11.3 Å². The Morgan fingerprint density at radius 2 is 2.10 bits per heavy atom. The van der Waals surface area contributed by atoms with Gasteiger partial charge in [0.25, 0.3) is 5.91 Å². The van der Waals surface area contributed by atoms with E-state index in [1.165, 1.54) is 16.2 Å². The van der Waals surface area contributed by atoms with Crippen molar-refractivity contribution < 1.29 is 14.3 Å². The summed E-state index contributed by atoms with van der Waals surface area (Å²) in [4.78, 5) is 25.4. The number of rotatable bonds is 4. The smallest absolute Gasteiger partial charge is 0.263 e. The second kappa shape index (κ2) is 6.01. The summed E-state index contributed by atoms with van der Waals surface area (Å²) in [6.45, 7) is -0.0527. The lowest BCUT2D eigenvalue weighted by Crippen LogP contribution is -2.36. The molecule has 0 bridgehead atoms. The van der Waals surface area contributed by atoms with E-state index in [0.29, 0.717) is 16.3 Å². The fourth-order valence-electron chi connectivity index (χ4n) is 1.79. The Morgan fingerprint density at radius 1 is 1.38 bits per heavy atom. The van der Waals surface area contributed by atoms with Crippen LogP contribution in [0.1, 0.15) is 9.67 Å². The van der Waals surface area contributed by atoms with Gasteiger partial charge in [0.15, 0.2) is 0 Å². The first-order valence-electron chi connectivity index (χ1n) is 6.28. The number of nitrogen functional groups attached to an aromatic ring is 1. The van der Waals surface area contributed by atoms with E-state index in [-0.39, 0.29) is 18.4 Å². The van der Waals surface area contributed by atoms with Crippen molar-refractivity contribution in [2.75, 3.05) is 33.5 Å². The number of carbonyl (C=O) groups is 2. The van der Waals surface area contributed by atoms with Crippen molar-refractivity contribution in [1.29, 1.82) is 0 Å². The average Bonchev–Trinajstić information content (AvgIpc) is 2.80. The lowest BCUT2D eigenvalue weighted by atomic mass is 10.2. The van der Waals surface area contributed by atoms with Gasteiger partial charge < -0.3 is 20.7 Å². The van der Waals surface area contributed by atoms with Crippen LogP contribution in [0.25, 0.3) is 10.1 Å². The van der Waals surface area contributed by atoms with Crippen molar-refractivity contribution in [2.45, 2.75) is 0 Å². The van der Waals surface area contributed by atoms with E-state index in [9.17, 15) is 9.59 Å². The van der Waals surface area contributed by atoms with E-state index < -0.39 is 0 Å². The lowest BCUT2D eigenvalue weighted by Gasteiger charge is -2.10. The molecule has 0 saturated carbocycles. The van der Waals surface area contributed by atoms with E-state index in [2.05, 4.69) is 5.32 Å². The van der Waals surface area contributed by atoms with Crippen LogP contribution in [0.5, 0.6) is 5.75 Å². The van der Waals surface area contributed by atoms with Gasteiger partial charge in [-0.25, -0.2) is 0 Å². The van der Waals surface area contributed by atoms with Crippen LogP contribution in [-0.2, 0) is 4.79 Å². The molecule has 7 heteroatoms. The highest BCUT2D eigenvalue weighted by Crippen LogP contribution is 2.35. The van der Waals surface area contributed by atoms with Gasteiger partial charge in [0, 0.05) is 24.2 Å². The number of anilines is 1. The van der Waals surface area contributed by atoms with Crippen molar-refractivity contribution in [3.63, 3.8) is 0 Å². The molecular weight excluding hydrogens is 290 g/mol. The summed E-state index contributed by atoms with van der Waals surface area (Å²) >= 11 is 1.28. The summed E-state index contributed by atoms with van der Waals surface area (Å²) in [5, 5.41) is 3.39. The second-order valence-corrected chi connectivity index (χ2v) is 5.73. The van der Waals surface area contributed by atoms with Crippen LogP contribution in [0.15, 0.2) is 18.2 Å². The number of nitrogens with two attached hydrogens (primary N) is 1. The normalized spacial score (nSPS) is 10.4. The van der Waals surface area contributed by atoms with E-state index >= 15 is 0 Å². The number of nitrogens with zero attached hydrogens (tertiary/aromatic N) is 1. The predicted molar refractivity (Wildman–Crippen MR) is 83.8 cm³/mol. The monoisotopic (exact) mass is 307 g/mol. The maximum atomic E-state index is 12.1. The van der Waals surface area contributed by atoms with E-state index in [4.69, 9.17) is 10.5 Å². The molecule has 21 heavy (non-hydrogen) atoms. The summed E-state index contributed by atoms with van der Waals surface area (Å²) in [5.41, 5.74) is 6.43. The molecule has 112 valence electrons. The molecule has 0 spiro atoms. The zero-order valence-corrected chi connectivity index (χ0v) is 12.9. The molecule has 2 aromatic rings. The summed E-state index contributed by atoms with van der Waals surface area (Å²) in [6.07, 6.45) is 0. The zero-order chi connectivity index (χ0) is 15.6. The summed E-state index contributed by atoms with van der Waals surface area (Å²) in [5.74, 6) is 0.186. The number of carbonyl (C=O) groups excluding carboxylic acids is 2. The van der Waals surface area contributed by atoms with Crippen molar-refractivity contribution in [1.82, 2.24) is 10.2 Å². The van der Waals surface area contributed by atoms with Crippen molar-refractivity contribution in [3.8, 4) is 5.75 Å². The fraction of sp³-hybridized carbons (Fsp3) is 0.286. The molecule has 2 amide bonds. The highest BCUT2D eigenvalue weighted by Gasteiger charge is 2.17. The van der Waals surface area contributed by atoms with Crippen LogP contribution in [0, 0.1) is 0 Å². The number of nitrogens with one attached hydrogen (secondary N) is 1. The highest BCUT2D eigenvalue weighted by molar-refractivity contribution is 7.21. The maximum Gasteiger partial charge on any atom is 0.263 e. The Hall–Kier alpha value is -2.28. The van der Waals surface area contributed by atoms with Gasteiger partial charge in [-0.15, -0.1) is 11.3 Å². The van der Waals surface area contributed by atoms with Crippen LogP contribution in [0.4, 0.5) is 5.69 Å². The van der Waals surface area contributed by atoms with Crippen LogP contribution < -0.4 is 15.8 Å². The molecule has 0 aliphatic carbocycles. The van der Waals surface area contributed by atoms with Crippen molar-refractivity contribution in [2.24, 2.45) is 0 Å². The third-order valence-corrected chi connectivity index (χ3v) is 4.21. The first-order valence-corrected chi connectivity index (χ1v) is 7.10. The molecule has 1 heterocycles. The number of thiophene rings is 1. The largest absolute Gasteiger partial charge is 0.497 e. The molecule has 0 aliphatic rings. The minimum Gasteiger partial charge on any atom is -0.497 e. The summed E-state index contributed by atoms with van der Waals surface area (Å²) in [6, 6.07) is 5.45. The topological polar surface area (TPSA) is 84.7 Å². The Morgan fingerprint density at radius 3 is 2.71 bits per heavy atom. The summed E-state index contributed by atoms with van der Waals surface area (Å²) < 4.78 is 6.02. The molecule has 0 atom stereocenters. The molecule has 1 aromatic heterocycles. The fourth-order valence-corrected chi connectivity index (χ4v) is 2.85. The van der Waals surface area contributed by atoms with E-state index in [1.54, 1.807) is 27.3 Å². The number of hydrogen-bond donors (Lipinski definition) is 2. The first-order chi connectivity index (χ1) is 9.93. The van der Waals surface area contributed by atoms with Gasteiger partial charge in [-0.05, 0) is 18.2 Å². The minimum absolute atomic E-state index is 0.0527. The van der Waals surface area contributed by atoms with Gasteiger partial charge in [-0.2, -0.15) is 0 Å². The molecule has 1 aromatic carbocycles. The van der Waals surface area contributed by atoms with Crippen molar-refractivity contribution in [3.05, 3.63) is 23.1 Å². The Bertz CT molecular complexity index is 694. The van der Waals surface area contributed by atoms with E-state index in [1.807, 2.05) is 12.1 Å². The average molecular weight is 307 g/mol. The van der Waals surface area contributed by atoms with Gasteiger partial charge in [-0.1, -0.05) is 0 Å². The molecule has 0 saturated heterocycles. The molecular formula is C14H17N3O3S. The molecule has 6 nitrogen and oxygen atoms in total. The van der Waals surface area contributed by atoms with Gasteiger partial charge in [0.1, 0.15) is 10.6 Å². The number of fused-ring (bicyclic) bond motifs is 1. The SMILES string of the molecule is COc1ccc2c(N)c(C(=O)NCC(=O)N(C)C)sc2c1. The maximum absolute atomic E-state index is 12.1. The number of likely N-dealkylation sites (N-methyl/N-ethyl adjacent to an activating group) is 1. The number of hydrogen-bond acceptors (Lipinski definition) is 5. The summed E-state index contributed by atoms with van der Waals surface area (Å²) in [7, 11) is 4.85.